The first-order valence-electron chi connectivity index (χ1n) is 8.08. The van der Waals surface area contributed by atoms with E-state index in [0.29, 0.717) is 31.9 Å². The van der Waals surface area contributed by atoms with Crippen molar-refractivity contribution in [1.82, 2.24) is 4.90 Å². The van der Waals surface area contributed by atoms with E-state index in [9.17, 15) is 18.8 Å². The molecule has 7 nitrogen and oxygen atoms in total. The van der Waals surface area contributed by atoms with Gasteiger partial charge in [-0.2, -0.15) is 0 Å². The summed E-state index contributed by atoms with van der Waals surface area (Å²) in [4.78, 5) is 38.6. The zero-order valence-electron chi connectivity index (χ0n) is 14.4. The molecule has 2 aliphatic heterocycles. The monoisotopic (exact) mass is 349 g/mol. The van der Waals surface area contributed by atoms with Gasteiger partial charge in [-0.05, 0) is 32.9 Å². The Kier molecular flexibility index (Phi) is 4.14. The van der Waals surface area contributed by atoms with Gasteiger partial charge in [-0.1, -0.05) is 0 Å². The highest BCUT2D eigenvalue weighted by Gasteiger charge is 2.33. The average Bonchev–Trinajstić information content (AvgIpc) is 2.81. The smallest absolute Gasteiger partial charge is 0.410 e. The van der Waals surface area contributed by atoms with Crippen molar-refractivity contribution >= 4 is 29.2 Å². The number of hydrogen-bond acceptors (Lipinski definition) is 5. The first-order valence-corrected chi connectivity index (χ1v) is 8.08. The highest BCUT2D eigenvalue weighted by atomic mass is 19.1. The van der Waals surface area contributed by atoms with E-state index in [-0.39, 0.29) is 17.3 Å². The van der Waals surface area contributed by atoms with Crippen molar-refractivity contribution < 1.29 is 23.5 Å². The Labute approximate surface area is 144 Å². The Balaban J connectivity index is 1.69. The van der Waals surface area contributed by atoms with Crippen LogP contribution in [0.2, 0.25) is 0 Å². The Hall–Kier alpha value is -2.64. The average molecular weight is 349 g/mol. The number of piperazine rings is 1. The quantitative estimate of drug-likeness (QED) is 0.785. The fourth-order valence-electron chi connectivity index (χ4n) is 2.87. The van der Waals surface area contributed by atoms with Crippen molar-refractivity contribution in [2.45, 2.75) is 26.4 Å². The number of carbonyl (C=O) groups is 3. The molecule has 0 saturated carbocycles. The van der Waals surface area contributed by atoms with E-state index in [2.05, 4.69) is 5.32 Å². The molecule has 0 atom stereocenters. The van der Waals surface area contributed by atoms with Crippen molar-refractivity contribution in [3.8, 4) is 0 Å². The van der Waals surface area contributed by atoms with E-state index in [1.165, 1.54) is 6.07 Å². The highest BCUT2D eigenvalue weighted by molar-refractivity contribution is 6.51. The van der Waals surface area contributed by atoms with Crippen LogP contribution in [0.15, 0.2) is 12.1 Å². The maximum Gasteiger partial charge on any atom is 0.410 e. The SMILES string of the molecule is CC(C)(C)OC(=O)N1CCN(c2cc(F)c3c(c2)NC(=O)C3=O)CC1. The van der Waals surface area contributed by atoms with Crippen LogP contribution in [0.5, 0.6) is 0 Å². The summed E-state index contributed by atoms with van der Waals surface area (Å²) in [5, 5.41) is 2.38. The third-order valence-electron chi connectivity index (χ3n) is 4.05. The number of halogens is 1. The fourth-order valence-corrected chi connectivity index (χ4v) is 2.87. The second-order valence-corrected chi connectivity index (χ2v) is 7.09. The van der Waals surface area contributed by atoms with Crippen molar-refractivity contribution in [3.63, 3.8) is 0 Å². The molecule has 0 aliphatic carbocycles. The molecule has 25 heavy (non-hydrogen) atoms. The second kappa shape index (κ2) is 6.02. The van der Waals surface area contributed by atoms with Crippen molar-refractivity contribution in [2.75, 3.05) is 36.4 Å². The number of nitrogens with one attached hydrogen (secondary N) is 1. The Morgan fingerprint density at radius 2 is 1.80 bits per heavy atom. The predicted octanol–water partition coefficient (Wildman–Crippen LogP) is 2.02. The topological polar surface area (TPSA) is 79.0 Å². The lowest BCUT2D eigenvalue weighted by Crippen LogP contribution is -2.50. The van der Waals surface area contributed by atoms with Gasteiger partial charge in [0.2, 0.25) is 0 Å². The molecule has 1 N–H and O–H groups in total. The van der Waals surface area contributed by atoms with Crippen LogP contribution < -0.4 is 10.2 Å². The van der Waals surface area contributed by atoms with Gasteiger partial charge in [0.15, 0.2) is 0 Å². The summed E-state index contributed by atoms with van der Waals surface area (Å²) < 4.78 is 19.5. The number of hydrogen-bond donors (Lipinski definition) is 1. The summed E-state index contributed by atoms with van der Waals surface area (Å²) in [6, 6.07) is 2.84. The molecule has 0 spiro atoms. The minimum absolute atomic E-state index is 0.194. The van der Waals surface area contributed by atoms with Crippen LogP contribution in [0.3, 0.4) is 0 Å². The number of carbonyl (C=O) groups excluding carboxylic acids is 3. The number of nitrogens with zero attached hydrogens (tertiary/aromatic N) is 2. The highest BCUT2D eigenvalue weighted by Crippen LogP contribution is 2.31. The van der Waals surface area contributed by atoms with Crippen LogP contribution in [0.25, 0.3) is 0 Å². The van der Waals surface area contributed by atoms with Crippen molar-refractivity contribution in [3.05, 3.63) is 23.5 Å². The van der Waals surface area contributed by atoms with Crippen LogP contribution in [-0.2, 0) is 9.53 Å². The first kappa shape index (κ1) is 17.2. The number of ketones is 1. The van der Waals surface area contributed by atoms with Gasteiger partial charge in [-0.25, -0.2) is 9.18 Å². The van der Waals surface area contributed by atoms with Crippen LogP contribution >= 0.6 is 0 Å². The molecule has 0 aromatic heterocycles. The van der Waals surface area contributed by atoms with Gasteiger partial charge in [0, 0.05) is 31.9 Å². The summed E-state index contributed by atoms with van der Waals surface area (Å²) in [7, 11) is 0. The molecule has 8 heteroatoms. The molecule has 1 aromatic rings. The third-order valence-corrected chi connectivity index (χ3v) is 4.05. The number of benzene rings is 1. The number of rotatable bonds is 1. The molecular formula is C17H20FN3O4. The maximum absolute atomic E-state index is 14.2. The largest absolute Gasteiger partial charge is 0.444 e. The van der Waals surface area contributed by atoms with Gasteiger partial charge < -0.3 is 19.9 Å². The summed E-state index contributed by atoms with van der Waals surface area (Å²) in [6.45, 7) is 7.31. The van der Waals surface area contributed by atoms with E-state index in [0.717, 1.165) is 0 Å². The van der Waals surface area contributed by atoms with Crippen molar-refractivity contribution in [1.29, 1.82) is 0 Å². The zero-order chi connectivity index (χ0) is 18.4. The lowest BCUT2D eigenvalue weighted by molar-refractivity contribution is -0.112. The van der Waals surface area contributed by atoms with E-state index in [1.807, 2.05) is 25.7 Å². The number of ether oxygens (including phenoxy) is 1. The Bertz CT molecular complexity index is 749. The second-order valence-electron chi connectivity index (χ2n) is 7.09. The van der Waals surface area contributed by atoms with Gasteiger partial charge >= 0.3 is 6.09 Å². The number of Topliss-reactive ketones (excluding diaryl/α,β-unsaturated/α-hetero) is 1. The fraction of sp³-hybridized carbons (Fsp3) is 0.471. The van der Waals surface area contributed by atoms with Crippen LogP contribution in [0, 0.1) is 5.82 Å². The normalized spacial score (nSPS) is 17.4. The van der Waals surface area contributed by atoms with Gasteiger partial charge in [0.25, 0.3) is 11.7 Å². The molecule has 134 valence electrons. The molecule has 1 saturated heterocycles. The number of anilines is 2. The summed E-state index contributed by atoms with van der Waals surface area (Å²) in [5.74, 6) is -2.39. The number of fused-ring (bicyclic) bond motifs is 1. The van der Waals surface area contributed by atoms with Gasteiger partial charge in [0.05, 0.1) is 11.3 Å². The molecule has 0 unspecified atom stereocenters. The van der Waals surface area contributed by atoms with Crippen LogP contribution in [0.4, 0.5) is 20.6 Å². The Morgan fingerprint density at radius 3 is 2.40 bits per heavy atom. The minimum Gasteiger partial charge on any atom is -0.444 e. The molecule has 2 aliphatic rings. The van der Waals surface area contributed by atoms with Gasteiger partial charge in [-0.3, -0.25) is 9.59 Å². The summed E-state index contributed by atoms with van der Waals surface area (Å²) in [5.41, 5.74) is -0.00183. The van der Waals surface area contributed by atoms with Gasteiger partial charge in [0.1, 0.15) is 11.4 Å². The van der Waals surface area contributed by atoms with E-state index in [1.54, 1.807) is 11.0 Å². The molecule has 0 radical (unpaired) electrons. The molecule has 1 fully saturated rings. The zero-order valence-corrected chi connectivity index (χ0v) is 14.4. The maximum atomic E-state index is 14.2. The third kappa shape index (κ3) is 3.42. The molecule has 2 heterocycles. The molecule has 2 amide bonds. The van der Waals surface area contributed by atoms with Crippen molar-refractivity contribution in [2.24, 2.45) is 0 Å². The lowest BCUT2D eigenvalue weighted by atomic mass is 10.1. The molecule has 1 aromatic carbocycles. The number of amides is 2. The summed E-state index contributed by atoms with van der Waals surface area (Å²) >= 11 is 0. The van der Waals surface area contributed by atoms with Crippen LogP contribution in [0.1, 0.15) is 31.1 Å². The summed E-state index contributed by atoms with van der Waals surface area (Å²) in [6.07, 6.45) is -0.370. The minimum atomic E-state index is -0.853. The predicted molar refractivity (Wildman–Crippen MR) is 89.4 cm³/mol. The first-order chi connectivity index (χ1) is 11.7. The van der Waals surface area contributed by atoms with Gasteiger partial charge in [-0.15, -0.1) is 0 Å². The molecule has 0 bridgehead atoms. The molecule has 3 rings (SSSR count). The Morgan fingerprint density at radius 1 is 1.16 bits per heavy atom. The molecular weight excluding hydrogens is 329 g/mol. The van der Waals surface area contributed by atoms with Crippen LogP contribution in [-0.4, -0.2) is 54.5 Å². The van der Waals surface area contributed by atoms with E-state index >= 15 is 0 Å². The van der Waals surface area contributed by atoms with E-state index in [4.69, 9.17) is 4.74 Å². The lowest BCUT2D eigenvalue weighted by Gasteiger charge is -2.36. The standard InChI is InChI=1S/C17H20FN3O4/c1-17(2,3)25-16(24)21-6-4-20(5-7-21)10-8-11(18)13-12(9-10)19-15(23)14(13)22/h8-9H,4-7H2,1-3H3,(H,19,22,23). The van der Waals surface area contributed by atoms with E-state index < -0.39 is 23.1 Å².